The highest BCUT2D eigenvalue weighted by Crippen LogP contribution is 2.11. The zero-order valence-electron chi connectivity index (χ0n) is 14.2. The molecule has 1 aromatic carbocycles. The maximum absolute atomic E-state index is 12.4. The summed E-state index contributed by atoms with van der Waals surface area (Å²) < 4.78 is 27.2. The van der Waals surface area contributed by atoms with E-state index in [0.717, 1.165) is 0 Å². The predicted octanol–water partition coefficient (Wildman–Crippen LogP) is 0.893. The first-order valence-electron chi connectivity index (χ1n) is 7.57. The van der Waals surface area contributed by atoms with Gasteiger partial charge in [0.25, 0.3) is 5.91 Å². The molecule has 0 radical (unpaired) electrons. The van der Waals surface area contributed by atoms with Gasteiger partial charge in [-0.3, -0.25) is 15.6 Å². The summed E-state index contributed by atoms with van der Waals surface area (Å²) in [6.07, 6.45) is 0. The van der Waals surface area contributed by atoms with Crippen molar-refractivity contribution in [3.05, 3.63) is 30.3 Å². The number of thiocarbonyl (C=S) groups is 1. The Morgan fingerprint density at radius 1 is 1.04 bits per heavy atom. The molecule has 0 unspecified atom stereocenters. The molecule has 0 aromatic heterocycles. The molecule has 0 fully saturated rings. The zero-order chi connectivity index (χ0) is 18.3. The van der Waals surface area contributed by atoms with Crippen LogP contribution in [-0.2, 0) is 14.8 Å². The first-order valence-corrected chi connectivity index (χ1v) is 9.46. The number of hydrogen-bond acceptors (Lipinski definition) is 4. The number of rotatable bonds is 6. The smallest absolute Gasteiger partial charge is 0.256 e. The average Bonchev–Trinajstić information content (AvgIpc) is 2.50. The molecule has 1 aromatic rings. The van der Waals surface area contributed by atoms with Crippen molar-refractivity contribution in [3.63, 3.8) is 0 Å². The van der Waals surface area contributed by atoms with Gasteiger partial charge >= 0.3 is 0 Å². The molecule has 24 heavy (non-hydrogen) atoms. The fourth-order valence-electron chi connectivity index (χ4n) is 1.82. The molecular formula is C15H24N4O3S2. The number of carbonyl (C=O) groups is 1. The van der Waals surface area contributed by atoms with Crippen molar-refractivity contribution in [2.24, 2.45) is 5.92 Å². The van der Waals surface area contributed by atoms with Gasteiger partial charge in [-0.2, -0.15) is 4.72 Å². The standard InChI is InChI=1S/C15H24N4O3S2/c1-10(2)13(14(20)17-18-15(23)16-11(3)4)19-24(21,22)12-8-6-5-7-9-12/h5-11,13,19H,1-4H3,(H,17,20)(H2,16,18,23)/t13-/m0/s1. The molecule has 0 saturated heterocycles. The maximum Gasteiger partial charge on any atom is 0.256 e. The lowest BCUT2D eigenvalue weighted by molar-refractivity contribution is -0.124. The molecule has 0 aliphatic carbocycles. The van der Waals surface area contributed by atoms with Crippen LogP contribution in [0, 0.1) is 5.92 Å². The fraction of sp³-hybridized carbons (Fsp3) is 0.467. The lowest BCUT2D eigenvalue weighted by Crippen LogP contribution is -2.56. The monoisotopic (exact) mass is 372 g/mol. The summed E-state index contributed by atoms with van der Waals surface area (Å²) >= 11 is 5.01. The van der Waals surface area contributed by atoms with Crippen molar-refractivity contribution in [2.45, 2.75) is 44.7 Å². The van der Waals surface area contributed by atoms with E-state index in [-0.39, 0.29) is 22.0 Å². The van der Waals surface area contributed by atoms with Gasteiger partial charge < -0.3 is 5.32 Å². The van der Waals surface area contributed by atoms with Crippen LogP contribution in [0.15, 0.2) is 35.2 Å². The second-order valence-electron chi connectivity index (χ2n) is 5.90. The molecule has 0 aliphatic heterocycles. The lowest BCUT2D eigenvalue weighted by Gasteiger charge is -2.22. The Morgan fingerprint density at radius 3 is 2.12 bits per heavy atom. The summed E-state index contributed by atoms with van der Waals surface area (Å²) in [5.74, 6) is -0.769. The van der Waals surface area contributed by atoms with E-state index in [1.54, 1.807) is 32.0 Å². The number of nitrogens with one attached hydrogen (secondary N) is 4. The van der Waals surface area contributed by atoms with E-state index in [2.05, 4.69) is 20.9 Å². The highest BCUT2D eigenvalue weighted by atomic mass is 32.2. The molecule has 0 saturated carbocycles. The van der Waals surface area contributed by atoms with Gasteiger partial charge in [0.05, 0.1) is 4.90 Å². The molecule has 7 nitrogen and oxygen atoms in total. The Bertz CT molecular complexity index is 661. The third-order valence-electron chi connectivity index (χ3n) is 3.00. The SMILES string of the molecule is CC(C)NC(=S)NNC(=O)[C@@H](NS(=O)(=O)c1ccccc1)C(C)C. The predicted molar refractivity (Wildman–Crippen MR) is 97.5 cm³/mol. The maximum atomic E-state index is 12.4. The molecule has 0 heterocycles. The van der Waals surface area contributed by atoms with Crippen LogP contribution in [0.25, 0.3) is 0 Å². The summed E-state index contributed by atoms with van der Waals surface area (Å²) in [6, 6.07) is 7.07. The van der Waals surface area contributed by atoms with Gasteiger partial charge in [-0.25, -0.2) is 8.42 Å². The molecule has 1 rings (SSSR count). The zero-order valence-corrected chi connectivity index (χ0v) is 15.8. The van der Waals surface area contributed by atoms with Crippen LogP contribution in [0.1, 0.15) is 27.7 Å². The minimum absolute atomic E-state index is 0.105. The average molecular weight is 373 g/mol. The van der Waals surface area contributed by atoms with Crippen molar-refractivity contribution < 1.29 is 13.2 Å². The normalized spacial score (nSPS) is 12.8. The Kier molecular flexibility index (Phi) is 7.59. The number of hydrazine groups is 1. The Labute approximate surface area is 148 Å². The van der Waals surface area contributed by atoms with Crippen LogP contribution in [0.4, 0.5) is 0 Å². The number of amides is 1. The Balaban J connectivity index is 2.77. The van der Waals surface area contributed by atoms with Crippen LogP contribution in [0.3, 0.4) is 0 Å². The minimum Gasteiger partial charge on any atom is -0.359 e. The van der Waals surface area contributed by atoms with E-state index < -0.39 is 22.0 Å². The number of hydrogen-bond donors (Lipinski definition) is 4. The van der Waals surface area contributed by atoms with Gasteiger partial charge in [0.15, 0.2) is 5.11 Å². The van der Waals surface area contributed by atoms with Crippen LogP contribution >= 0.6 is 12.2 Å². The molecule has 0 aliphatic rings. The summed E-state index contributed by atoms with van der Waals surface area (Å²) in [5.41, 5.74) is 4.98. The van der Waals surface area contributed by atoms with Gasteiger partial charge in [-0.15, -0.1) is 0 Å². The third-order valence-corrected chi connectivity index (χ3v) is 4.68. The first-order chi connectivity index (χ1) is 11.1. The summed E-state index contributed by atoms with van der Waals surface area (Å²) in [5, 5.41) is 3.16. The van der Waals surface area contributed by atoms with Gasteiger partial charge in [-0.05, 0) is 44.1 Å². The molecular weight excluding hydrogens is 348 g/mol. The van der Waals surface area contributed by atoms with E-state index in [9.17, 15) is 13.2 Å². The third kappa shape index (κ3) is 6.42. The van der Waals surface area contributed by atoms with Crippen LogP contribution in [0.5, 0.6) is 0 Å². The van der Waals surface area contributed by atoms with E-state index in [0.29, 0.717) is 0 Å². The van der Waals surface area contributed by atoms with E-state index >= 15 is 0 Å². The summed E-state index contributed by atoms with van der Waals surface area (Å²) in [7, 11) is -3.79. The van der Waals surface area contributed by atoms with Crippen molar-refractivity contribution in [1.82, 2.24) is 20.9 Å². The van der Waals surface area contributed by atoms with Crippen molar-refractivity contribution in [2.75, 3.05) is 0 Å². The van der Waals surface area contributed by atoms with E-state index in [4.69, 9.17) is 12.2 Å². The number of benzene rings is 1. The number of carbonyl (C=O) groups excluding carboxylic acids is 1. The second kappa shape index (κ2) is 8.95. The van der Waals surface area contributed by atoms with E-state index in [1.807, 2.05) is 13.8 Å². The first kappa shape index (κ1) is 20.3. The molecule has 9 heteroatoms. The molecule has 134 valence electrons. The summed E-state index contributed by atoms with van der Waals surface area (Å²) in [4.78, 5) is 12.4. The lowest BCUT2D eigenvalue weighted by atomic mass is 10.1. The van der Waals surface area contributed by atoms with Gasteiger partial charge in [-0.1, -0.05) is 32.0 Å². The quantitative estimate of drug-likeness (QED) is 0.437. The molecule has 4 N–H and O–H groups in total. The van der Waals surface area contributed by atoms with Gasteiger partial charge in [0.1, 0.15) is 6.04 Å². The molecule has 1 amide bonds. The molecule has 0 spiro atoms. The minimum atomic E-state index is -3.79. The Morgan fingerprint density at radius 2 is 1.62 bits per heavy atom. The second-order valence-corrected chi connectivity index (χ2v) is 8.02. The number of sulfonamides is 1. The highest BCUT2D eigenvalue weighted by molar-refractivity contribution is 7.89. The molecule has 1 atom stereocenters. The van der Waals surface area contributed by atoms with E-state index in [1.165, 1.54) is 12.1 Å². The van der Waals surface area contributed by atoms with Crippen LogP contribution in [-0.4, -0.2) is 31.5 Å². The fourth-order valence-corrected chi connectivity index (χ4v) is 3.47. The van der Waals surface area contributed by atoms with Crippen molar-refractivity contribution in [1.29, 1.82) is 0 Å². The van der Waals surface area contributed by atoms with Crippen molar-refractivity contribution >= 4 is 33.3 Å². The topological polar surface area (TPSA) is 99.3 Å². The largest absolute Gasteiger partial charge is 0.359 e. The summed E-state index contributed by atoms with van der Waals surface area (Å²) in [6.45, 7) is 7.31. The molecule has 0 bridgehead atoms. The highest BCUT2D eigenvalue weighted by Gasteiger charge is 2.28. The van der Waals surface area contributed by atoms with Crippen molar-refractivity contribution in [3.8, 4) is 0 Å². The van der Waals surface area contributed by atoms with Crippen LogP contribution < -0.4 is 20.9 Å². The van der Waals surface area contributed by atoms with Crippen LogP contribution in [0.2, 0.25) is 0 Å². The van der Waals surface area contributed by atoms with Gasteiger partial charge in [0.2, 0.25) is 10.0 Å². The van der Waals surface area contributed by atoms with Gasteiger partial charge in [0, 0.05) is 6.04 Å². The Hall–Kier alpha value is -1.71.